The first-order chi connectivity index (χ1) is 8.75. The molecule has 2 N–H and O–H groups in total. The third kappa shape index (κ3) is 3.72. The van der Waals surface area contributed by atoms with Crippen LogP contribution in [-0.4, -0.2) is 11.6 Å². The van der Waals surface area contributed by atoms with Crippen LogP contribution in [-0.2, 0) is 17.8 Å². The SMILES string of the molecule is Nc1ccc(Cl)c(COCCc2ccccn2)c1. The molecule has 0 fully saturated rings. The lowest BCUT2D eigenvalue weighted by molar-refractivity contribution is 0.123. The highest BCUT2D eigenvalue weighted by Crippen LogP contribution is 2.19. The zero-order valence-corrected chi connectivity index (χ0v) is 10.7. The van der Waals surface area contributed by atoms with E-state index in [0.29, 0.717) is 23.9 Å². The van der Waals surface area contributed by atoms with Gasteiger partial charge in [0.15, 0.2) is 0 Å². The first-order valence-electron chi connectivity index (χ1n) is 5.77. The van der Waals surface area contributed by atoms with Gasteiger partial charge in [-0.3, -0.25) is 4.98 Å². The molecule has 4 heteroatoms. The molecule has 0 atom stereocenters. The van der Waals surface area contributed by atoms with Crippen molar-refractivity contribution in [1.82, 2.24) is 4.98 Å². The first-order valence-corrected chi connectivity index (χ1v) is 6.15. The van der Waals surface area contributed by atoms with E-state index in [2.05, 4.69) is 4.98 Å². The molecule has 0 unspecified atom stereocenters. The number of benzene rings is 1. The number of hydrogen-bond donors (Lipinski definition) is 1. The second kappa shape index (κ2) is 6.38. The molecule has 0 aliphatic carbocycles. The predicted molar refractivity (Wildman–Crippen MR) is 73.5 cm³/mol. The van der Waals surface area contributed by atoms with Gasteiger partial charge in [-0.2, -0.15) is 0 Å². The van der Waals surface area contributed by atoms with Crippen molar-refractivity contribution >= 4 is 17.3 Å². The quantitative estimate of drug-likeness (QED) is 0.665. The van der Waals surface area contributed by atoms with Crippen molar-refractivity contribution in [2.45, 2.75) is 13.0 Å². The van der Waals surface area contributed by atoms with Gasteiger partial charge >= 0.3 is 0 Å². The van der Waals surface area contributed by atoms with E-state index in [1.54, 1.807) is 18.3 Å². The summed E-state index contributed by atoms with van der Waals surface area (Å²) in [5, 5.41) is 0.682. The molecule has 0 bridgehead atoms. The summed E-state index contributed by atoms with van der Waals surface area (Å²) < 4.78 is 5.58. The summed E-state index contributed by atoms with van der Waals surface area (Å²) in [5.41, 5.74) is 8.33. The summed E-state index contributed by atoms with van der Waals surface area (Å²) in [4.78, 5) is 4.23. The number of halogens is 1. The molecule has 2 aromatic rings. The van der Waals surface area contributed by atoms with Crippen molar-refractivity contribution in [1.29, 1.82) is 0 Å². The van der Waals surface area contributed by atoms with Gasteiger partial charge in [-0.05, 0) is 35.9 Å². The molecule has 0 aliphatic heterocycles. The molecule has 1 aromatic heterocycles. The van der Waals surface area contributed by atoms with Crippen LogP contribution in [0.1, 0.15) is 11.3 Å². The van der Waals surface area contributed by atoms with Crippen LogP contribution in [0.15, 0.2) is 42.6 Å². The molecule has 18 heavy (non-hydrogen) atoms. The molecular weight excluding hydrogens is 248 g/mol. The molecule has 2 rings (SSSR count). The number of hydrogen-bond acceptors (Lipinski definition) is 3. The maximum Gasteiger partial charge on any atom is 0.0732 e. The second-order valence-electron chi connectivity index (χ2n) is 3.97. The minimum atomic E-state index is 0.469. The first kappa shape index (κ1) is 12.9. The van der Waals surface area contributed by atoms with Crippen molar-refractivity contribution in [3.05, 3.63) is 58.9 Å². The Labute approximate surface area is 112 Å². The Hall–Kier alpha value is -1.58. The summed E-state index contributed by atoms with van der Waals surface area (Å²) in [6.07, 6.45) is 2.57. The van der Waals surface area contributed by atoms with Crippen LogP contribution in [0.2, 0.25) is 5.02 Å². The lowest BCUT2D eigenvalue weighted by atomic mass is 10.2. The topological polar surface area (TPSA) is 48.1 Å². The van der Waals surface area contributed by atoms with Crippen molar-refractivity contribution in [2.24, 2.45) is 0 Å². The number of anilines is 1. The Balaban J connectivity index is 1.80. The van der Waals surface area contributed by atoms with Crippen molar-refractivity contribution < 1.29 is 4.74 Å². The van der Waals surface area contributed by atoms with Crippen LogP contribution in [0.5, 0.6) is 0 Å². The fourth-order valence-corrected chi connectivity index (χ4v) is 1.78. The summed E-state index contributed by atoms with van der Waals surface area (Å²) >= 11 is 6.04. The average molecular weight is 263 g/mol. The van der Waals surface area contributed by atoms with Crippen molar-refractivity contribution in [3.8, 4) is 0 Å². The number of pyridine rings is 1. The molecule has 0 saturated carbocycles. The van der Waals surface area contributed by atoms with E-state index < -0.39 is 0 Å². The van der Waals surface area contributed by atoms with Crippen LogP contribution in [0, 0.1) is 0 Å². The fourth-order valence-electron chi connectivity index (χ4n) is 1.61. The minimum Gasteiger partial charge on any atom is -0.399 e. The lowest BCUT2D eigenvalue weighted by Gasteiger charge is -2.07. The van der Waals surface area contributed by atoms with Gasteiger partial charge in [0.05, 0.1) is 13.2 Å². The molecule has 94 valence electrons. The van der Waals surface area contributed by atoms with Gasteiger partial charge in [0.25, 0.3) is 0 Å². The third-order valence-electron chi connectivity index (χ3n) is 2.56. The number of ether oxygens (including phenoxy) is 1. The molecular formula is C14H15ClN2O. The fraction of sp³-hybridized carbons (Fsp3) is 0.214. The maximum absolute atomic E-state index is 6.04. The number of nitrogens with two attached hydrogens (primary N) is 1. The van der Waals surface area contributed by atoms with E-state index in [-0.39, 0.29) is 0 Å². The van der Waals surface area contributed by atoms with E-state index in [0.717, 1.165) is 17.7 Å². The largest absolute Gasteiger partial charge is 0.399 e. The molecule has 0 aliphatic rings. The molecule has 0 radical (unpaired) electrons. The summed E-state index contributed by atoms with van der Waals surface area (Å²) in [7, 11) is 0. The zero-order chi connectivity index (χ0) is 12.8. The van der Waals surface area contributed by atoms with Gasteiger partial charge in [-0.1, -0.05) is 17.7 Å². The Kier molecular flexibility index (Phi) is 4.56. The molecule has 0 spiro atoms. The van der Waals surface area contributed by atoms with E-state index in [1.807, 2.05) is 24.3 Å². The molecule has 1 heterocycles. The van der Waals surface area contributed by atoms with E-state index in [9.17, 15) is 0 Å². The highest BCUT2D eigenvalue weighted by molar-refractivity contribution is 6.31. The van der Waals surface area contributed by atoms with Crippen LogP contribution in [0.25, 0.3) is 0 Å². The van der Waals surface area contributed by atoms with Gasteiger partial charge in [0.1, 0.15) is 0 Å². The Morgan fingerprint density at radius 1 is 1.22 bits per heavy atom. The monoisotopic (exact) mass is 262 g/mol. The van der Waals surface area contributed by atoms with Gasteiger partial charge in [-0.15, -0.1) is 0 Å². The van der Waals surface area contributed by atoms with Crippen LogP contribution < -0.4 is 5.73 Å². The van der Waals surface area contributed by atoms with Gasteiger partial charge in [0, 0.05) is 29.0 Å². The highest BCUT2D eigenvalue weighted by atomic mass is 35.5. The molecule has 0 saturated heterocycles. The number of nitrogens with zero attached hydrogens (tertiary/aromatic N) is 1. The van der Waals surface area contributed by atoms with Gasteiger partial charge < -0.3 is 10.5 Å². The normalized spacial score (nSPS) is 10.5. The average Bonchev–Trinajstić information content (AvgIpc) is 2.40. The minimum absolute atomic E-state index is 0.469. The van der Waals surface area contributed by atoms with E-state index in [1.165, 1.54) is 0 Å². The van der Waals surface area contributed by atoms with E-state index in [4.69, 9.17) is 22.1 Å². The zero-order valence-electron chi connectivity index (χ0n) is 9.97. The number of rotatable bonds is 5. The summed E-state index contributed by atoms with van der Waals surface area (Å²) in [6, 6.07) is 11.3. The van der Waals surface area contributed by atoms with Crippen LogP contribution >= 0.6 is 11.6 Å². The van der Waals surface area contributed by atoms with Crippen molar-refractivity contribution in [2.75, 3.05) is 12.3 Å². The van der Waals surface area contributed by atoms with Crippen LogP contribution in [0.4, 0.5) is 5.69 Å². The highest BCUT2D eigenvalue weighted by Gasteiger charge is 2.01. The van der Waals surface area contributed by atoms with E-state index >= 15 is 0 Å². The Morgan fingerprint density at radius 3 is 2.89 bits per heavy atom. The van der Waals surface area contributed by atoms with Gasteiger partial charge in [0.2, 0.25) is 0 Å². The molecule has 3 nitrogen and oxygen atoms in total. The number of nitrogen functional groups attached to an aromatic ring is 1. The molecule has 0 amide bonds. The van der Waals surface area contributed by atoms with Gasteiger partial charge in [-0.25, -0.2) is 0 Å². The Bertz CT molecular complexity index is 502. The summed E-state index contributed by atoms with van der Waals surface area (Å²) in [6.45, 7) is 1.08. The van der Waals surface area contributed by atoms with Crippen molar-refractivity contribution in [3.63, 3.8) is 0 Å². The van der Waals surface area contributed by atoms with Crippen LogP contribution in [0.3, 0.4) is 0 Å². The molecule has 1 aromatic carbocycles. The number of aromatic nitrogens is 1. The second-order valence-corrected chi connectivity index (χ2v) is 4.38. The lowest BCUT2D eigenvalue weighted by Crippen LogP contribution is -2.01. The maximum atomic E-state index is 6.04. The Morgan fingerprint density at radius 2 is 2.11 bits per heavy atom. The summed E-state index contributed by atoms with van der Waals surface area (Å²) in [5.74, 6) is 0. The third-order valence-corrected chi connectivity index (χ3v) is 2.92. The standard InChI is InChI=1S/C14H15ClN2O/c15-14-5-4-12(16)9-11(14)10-18-8-6-13-3-1-2-7-17-13/h1-5,7,9H,6,8,10,16H2. The smallest absolute Gasteiger partial charge is 0.0732 e. The predicted octanol–water partition coefficient (Wildman–Crippen LogP) is 3.08.